The van der Waals surface area contributed by atoms with Crippen molar-refractivity contribution in [1.82, 2.24) is 9.88 Å². The van der Waals surface area contributed by atoms with Crippen LogP contribution in [-0.2, 0) is 4.74 Å². The number of fused-ring (bicyclic) bond motifs is 1. The lowest BCUT2D eigenvalue weighted by atomic mass is 10.1. The Bertz CT molecular complexity index is 1020. The van der Waals surface area contributed by atoms with E-state index >= 15 is 0 Å². The van der Waals surface area contributed by atoms with Crippen molar-refractivity contribution in [3.63, 3.8) is 0 Å². The number of morpholine rings is 1. The van der Waals surface area contributed by atoms with Crippen molar-refractivity contribution in [3.8, 4) is 5.75 Å². The number of pyridine rings is 1. The summed E-state index contributed by atoms with van der Waals surface area (Å²) in [4.78, 5) is 19.2. The molecule has 1 aliphatic rings. The van der Waals surface area contributed by atoms with Crippen LogP contribution in [0.25, 0.3) is 10.9 Å². The van der Waals surface area contributed by atoms with E-state index in [1.54, 1.807) is 18.1 Å². The molecule has 1 N–H and O–H groups in total. The van der Waals surface area contributed by atoms with Gasteiger partial charge in [0.15, 0.2) is 0 Å². The van der Waals surface area contributed by atoms with Crippen molar-refractivity contribution in [2.24, 2.45) is 0 Å². The normalized spacial score (nSPS) is 14.1. The average molecular weight is 381 g/mol. The molecule has 0 spiro atoms. The molecular formula is C21H20FN3O3. The quantitative estimate of drug-likeness (QED) is 0.748. The van der Waals surface area contributed by atoms with E-state index in [1.807, 2.05) is 24.3 Å². The number of nitrogens with one attached hydrogen (secondary N) is 1. The first kappa shape index (κ1) is 18.2. The van der Waals surface area contributed by atoms with E-state index in [9.17, 15) is 9.18 Å². The minimum atomic E-state index is -0.395. The van der Waals surface area contributed by atoms with E-state index in [-0.39, 0.29) is 5.91 Å². The lowest BCUT2D eigenvalue weighted by molar-refractivity contribution is 0.0303. The smallest absolute Gasteiger partial charge is 0.257 e. The van der Waals surface area contributed by atoms with Crippen LogP contribution in [0.4, 0.5) is 15.8 Å². The average Bonchev–Trinajstić information content (AvgIpc) is 2.74. The van der Waals surface area contributed by atoms with E-state index in [0.29, 0.717) is 59.9 Å². The third kappa shape index (κ3) is 3.48. The number of benzene rings is 2. The standard InChI is InChI=1S/C21H20FN3O3/c1-27-19-5-3-2-4-18(19)24-20-15-12-14(22)6-7-17(15)23-13-16(20)21(26)25-8-10-28-11-9-25/h2-7,12-13H,8-11H2,1H3,(H,23,24). The molecule has 0 atom stereocenters. The Kier molecular flexibility index (Phi) is 5.08. The highest BCUT2D eigenvalue weighted by molar-refractivity contribution is 6.08. The molecule has 4 rings (SSSR count). The van der Waals surface area contributed by atoms with Crippen molar-refractivity contribution in [3.05, 3.63) is 60.0 Å². The molecular weight excluding hydrogens is 361 g/mol. The topological polar surface area (TPSA) is 63.7 Å². The summed E-state index contributed by atoms with van der Waals surface area (Å²) in [6.07, 6.45) is 1.54. The highest BCUT2D eigenvalue weighted by atomic mass is 19.1. The number of rotatable bonds is 4. The van der Waals surface area contributed by atoms with Gasteiger partial charge in [-0.05, 0) is 30.3 Å². The maximum absolute atomic E-state index is 14.0. The third-order valence-electron chi connectivity index (χ3n) is 4.73. The highest BCUT2D eigenvalue weighted by Gasteiger charge is 2.23. The molecule has 0 aliphatic carbocycles. The Hall–Kier alpha value is -3.19. The van der Waals surface area contributed by atoms with Gasteiger partial charge < -0.3 is 19.7 Å². The minimum absolute atomic E-state index is 0.167. The zero-order valence-corrected chi connectivity index (χ0v) is 15.4. The van der Waals surface area contributed by atoms with Gasteiger partial charge >= 0.3 is 0 Å². The van der Waals surface area contributed by atoms with Crippen LogP contribution >= 0.6 is 0 Å². The third-order valence-corrected chi connectivity index (χ3v) is 4.73. The molecule has 1 aromatic heterocycles. The summed E-state index contributed by atoms with van der Waals surface area (Å²) in [6.45, 7) is 2.01. The van der Waals surface area contributed by atoms with Gasteiger partial charge in [-0.15, -0.1) is 0 Å². The number of hydrogen-bond donors (Lipinski definition) is 1. The summed E-state index contributed by atoms with van der Waals surface area (Å²) in [5, 5.41) is 3.80. The number of nitrogens with zero attached hydrogens (tertiary/aromatic N) is 2. The second kappa shape index (κ2) is 7.82. The van der Waals surface area contributed by atoms with Gasteiger partial charge in [0.1, 0.15) is 11.6 Å². The van der Waals surface area contributed by atoms with Gasteiger partial charge in [-0.1, -0.05) is 12.1 Å². The van der Waals surface area contributed by atoms with E-state index in [1.165, 1.54) is 18.3 Å². The molecule has 7 heteroatoms. The fourth-order valence-electron chi connectivity index (χ4n) is 3.28. The second-order valence-electron chi connectivity index (χ2n) is 6.44. The highest BCUT2D eigenvalue weighted by Crippen LogP contribution is 2.34. The van der Waals surface area contributed by atoms with Crippen molar-refractivity contribution in [1.29, 1.82) is 0 Å². The molecule has 1 amide bonds. The number of hydrogen-bond acceptors (Lipinski definition) is 5. The van der Waals surface area contributed by atoms with Crippen molar-refractivity contribution in [2.45, 2.75) is 0 Å². The lowest BCUT2D eigenvalue weighted by Crippen LogP contribution is -2.41. The lowest BCUT2D eigenvalue weighted by Gasteiger charge is -2.28. The predicted molar refractivity (Wildman–Crippen MR) is 105 cm³/mol. The van der Waals surface area contributed by atoms with Crippen LogP contribution in [0, 0.1) is 5.82 Å². The number of carbonyl (C=O) groups is 1. The number of halogens is 1. The summed E-state index contributed by atoms with van der Waals surface area (Å²) in [5.74, 6) is 0.0568. The molecule has 3 aromatic rings. The summed E-state index contributed by atoms with van der Waals surface area (Å²) >= 11 is 0. The molecule has 6 nitrogen and oxygen atoms in total. The zero-order chi connectivity index (χ0) is 19.5. The van der Waals surface area contributed by atoms with Gasteiger partial charge in [0.25, 0.3) is 5.91 Å². The van der Waals surface area contributed by atoms with Crippen molar-refractivity contribution >= 4 is 28.2 Å². The van der Waals surface area contributed by atoms with E-state index in [2.05, 4.69) is 10.3 Å². The summed E-state index contributed by atoms with van der Waals surface area (Å²) < 4.78 is 24.7. The number of methoxy groups -OCH3 is 1. The van der Waals surface area contributed by atoms with Gasteiger partial charge in [0, 0.05) is 24.7 Å². The van der Waals surface area contributed by atoms with E-state index < -0.39 is 5.82 Å². The first-order valence-corrected chi connectivity index (χ1v) is 9.02. The Morgan fingerprint density at radius 2 is 2.00 bits per heavy atom. The van der Waals surface area contributed by atoms with Crippen LogP contribution < -0.4 is 10.1 Å². The molecule has 0 radical (unpaired) electrons. The van der Waals surface area contributed by atoms with Crippen LogP contribution in [0.15, 0.2) is 48.7 Å². The molecule has 0 saturated carbocycles. The molecule has 1 aliphatic heterocycles. The van der Waals surface area contributed by atoms with Crippen LogP contribution in [0.3, 0.4) is 0 Å². The van der Waals surface area contributed by atoms with E-state index in [4.69, 9.17) is 9.47 Å². The summed E-state index contributed by atoms with van der Waals surface area (Å²) in [5.41, 5.74) is 2.16. The van der Waals surface area contributed by atoms with Crippen LogP contribution in [0.1, 0.15) is 10.4 Å². The summed E-state index contributed by atoms with van der Waals surface area (Å²) in [6, 6.07) is 11.7. The maximum atomic E-state index is 14.0. The second-order valence-corrected chi connectivity index (χ2v) is 6.44. The number of amides is 1. The SMILES string of the molecule is COc1ccccc1Nc1c(C(=O)N2CCOCC2)cnc2ccc(F)cc12. The number of aromatic nitrogens is 1. The Morgan fingerprint density at radius 1 is 1.21 bits per heavy atom. The molecule has 2 aromatic carbocycles. The van der Waals surface area contributed by atoms with E-state index in [0.717, 1.165) is 0 Å². The molecule has 2 heterocycles. The molecule has 0 unspecified atom stereocenters. The minimum Gasteiger partial charge on any atom is -0.495 e. The largest absolute Gasteiger partial charge is 0.495 e. The Labute approximate surface area is 161 Å². The van der Waals surface area contributed by atoms with Crippen LogP contribution in [0.5, 0.6) is 5.75 Å². The Morgan fingerprint density at radius 3 is 2.79 bits per heavy atom. The Balaban J connectivity index is 1.84. The first-order chi connectivity index (χ1) is 13.7. The fraction of sp³-hybridized carbons (Fsp3) is 0.238. The van der Waals surface area contributed by atoms with Crippen molar-refractivity contribution in [2.75, 3.05) is 38.7 Å². The van der Waals surface area contributed by atoms with Gasteiger partial charge in [-0.25, -0.2) is 4.39 Å². The van der Waals surface area contributed by atoms with Gasteiger partial charge in [0.05, 0.1) is 42.8 Å². The number of para-hydroxylation sites is 2. The first-order valence-electron chi connectivity index (χ1n) is 9.02. The van der Waals surface area contributed by atoms with Crippen LogP contribution in [-0.4, -0.2) is 49.2 Å². The molecule has 0 bridgehead atoms. The fourth-order valence-corrected chi connectivity index (χ4v) is 3.28. The zero-order valence-electron chi connectivity index (χ0n) is 15.4. The van der Waals surface area contributed by atoms with Gasteiger partial charge in [-0.2, -0.15) is 0 Å². The van der Waals surface area contributed by atoms with Crippen molar-refractivity contribution < 1.29 is 18.7 Å². The summed E-state index contributed by atoms with van der Waals surface area (Å²) in [7, 11) is 1.57. The molecule has 28 heavy (non-hydrogen) atoms. The molecule has 144 valence electrons. The number of ether oxygens (including phenoxy) is 2. The maximum Gasteiger partial charge on any atom is 0.257 e. The predicted octanol–water partition coefficient (Wildman–Crippen LogP) is 3.60. The van der Waals surface area contributed by atoms with Crippen LogP contribution in [0.2, 0.25) is 0 Å². The van der Waals surface area contributed by atoms with Gasteiger partial charge in [0.2, 0.25) is 0 Å². The van der Waals surface area contributed by atoms with Gasteiger partial charge in [-0.3, -0.25) is 9.78 Å². The molecule has 1 saturated heterocycles. The number of carbonyl (C=O) groups excluding carboxylic acids is 1. The number of anilines is 2. The molecule has 1 fully saturated rings. The monoisotopic (exact) mass is 381 g/mol.